The summed E-state index contributed by atoms with van der Waals surface area (Å²) in [5, 5.41) is 0.683. The second kappa shape index (κ2) is 10.2. The van der Waals surface area contributed by atoms with Gasteiger partial charge in [0, 0.05) is 6.20 Å². The summed E-state index contributed by atoms with van der Waals surface area (Å²) >= 11 is 6.14. The SMILES string of the molecule is COC(=O)c1ccc(S(=O)(=O)N(Cc2ccc([Si](C)(C)C)cc2)c2ncc(C(F)(F)F)cc2Cl)cc1. The smallest absolute Gasteiger partial charge is 0.417 e. The monoisotopic (exact) mass is 556 g/mol. The van der Waals surface area contributed by atoms with Crippen molar-refractivity contribution in [2.45, 2.75) is 37.3 Å². The maximum atomic E-state index is 13.6. The molecule has 0 aliphatic rings. The van der Waals surface area contributed by atoms with Crippen molar-refractivity contribution >= 4 is 46.7 Å². The number of benzene rings is 2. The van der Waals surface area contributed by atoms with Crippen molar-refractivity contribution in [2.75, 3.05) is 11.4 Å². The molecule has 0 aliphatic heterocycles. The van der Waals surface area contributed by atoms with Crippen LogP contribution in [0.4, 0.5) is 19.0 Å². The number of hydrogen-bond donors (Lipinski definition) is 0. The van der Waals surface area contributed by atoms with Gasteiger partial charge in [-0.15, -0.1) is 0 Å². The van der Waals surface area contributed by atoms with E-state index in [9.17, 15) is 26.4 Å². The third-order valence-electron chi connectivity index (χ3n) is 5.39. The number of anilines is 1. The molecule has 0 unspecified atom stereocenters. The molecular formula is C24H24ClF3N2O4SSi. The first-order chi connectivity index (χ1) is 16.6. The second-order valence-electron chi connectivity index (χ2n) is 9.00. The minimum absolute atomic E-state index is 0.135. The summed E-state index contributed by atoms with van der Waals surface area (Å²) in [7, 11) is -4.76. The summed E-state index contributed by atoms with van der Waals surface area (Å²) in [6, 6.07) is 13.0. The lowest BCUT2D eigenvalue weighted by molar-refractivity contribution is -0.137. The number of nitrogens with zero attached hydrogens (tertiary/aromatic N) is 2. The maximum Gasteiger partial charge on any atom is 0.417 e. The lowest BCUT2D eigenvalue weighted by Gasteiger charge is -2.25. The van der Waals surface area contributed by atoms with Crippen LogP contribution in [0.2, 0.25) is 24.7 Å². The Morgan fingerprint density at radius 3 is 2.11 bits per heavy atom. The Labute approximate surface area is 213 Å². The predicted molar refractivity (Wildman–Crippen MR) is 135 cm³/mol. The Kier molecular flexibility index (Phi) is 7.87. The molecule has 0 amide bonds. The first-order valence-corrected chi connectivity index (χ1v) is 16.0. The van der Waals surface area contributed by atoms with Gasteiger partial charge in [0.15, 0.2) is 5.82 Å². The number of ether oxygens (including phenoxy) is 1. The highest BCUT2D eigenvalue weighted by Gasteiger charge is 2.34. The van der Waals surface area contributed by atoms with Crippen LogP contribution in [0.3, 0.4) is 0 Å². The molecule has 3 rings (SSSR count). The third kappa shape index (κ3) is 6.08. The number of sulfonamides is 1. The number of carbonyl (C=O) groups is 1. The Morgan fingerprint density at radius 1 is 1.06 bits per heavy atom. The molecule has 2 aromatic carbocycles. The van der Waals surface area contributed by atoms with Crippen LogP contribution in [-0.4, -0.2) is 34.6 Å². The van der Waals surface area contributed by atoms with Gasteiger partial charge < -0.3 is 4.74 Å². The highest BCUT2D eigenvalue weighted by Crippen LogP contribution is 2.36. The lowest BCUT2D eigenvalue weighted by Crippen LogP contribution is -2.37. The Balaban J connectivity index is 2.10. The molecule has 0 bridgehead atoms. The topological polar surface area (TPSA) is 76.6 Å². The molecular weight excluding hydrogens is 533 g/mol. The van der Waals surface area contributed by atoms with Crippen LogP contribution in [0.15, 0.2) is 65.7 Å². The van der Waals surface area contributed by atoms with Gasteiger partial charge in [0.05, 0.1) is 42.8 Å². The lowest BCUT2D eigenvalue weighted by atomic mass is 10.2. The molecule has 0 radical (unpaired) electrons. The molecule has 0 fully saturated rings. The van der Waals surface area contributed by atoms with Crippen LogP contribution in [0.25, 0.3) is 0 Å². The van der Waals surface area contributed by atoms with E-state index in [-0.39, 0.29) is 22.8 Å². The van der Waals surface area contributed by atoms with Crippen LogP contribution in [0.5, 0.6) is 0 Å². The fourth-order valence-corrected chi connectivity index (χ4v) is 6.24. The van der Waals surface area contributed by atoms with Crippen molar-refractivity contribution in [1.82, 2.24) is 4.98 Å². The molecule has 0 saturated carbocycles. The van der Waals surface area contributed by atoms with Crippen molar-refractivity contribution in [3.8, 4) is 0 Å². The van der Waals surface area contributed by atoms with Crippen LogP contribution < -0.4 is 9.49 Å². The number of hydrogen-bond acceptors (Lipinski definition) is 5. The minimum atomic E-state index is -4.70. The van der Waals surface area contributed by atoms with E-state index in [1.165, 1.54) is 31.4 Å². The molecule has 0 aliphatic carbocycles. The van der Waals surface area contributed by atoms with E-state index >= 15 is 0 Å². The quantitative estimate of drug-likeness (QED) is 0.284. The van der Waals surface area contributed by atoms with Gasteiger partial charge in [-0.1, -0.05) is 60.7 Å². The van der Waals surface area contributed by atoms with E-state index < -0.39 is 40.8 Å². The second-order valence-corrected chi connectivity index (χ2v) is 16.3. The molecule has 36 heavy (non-hydrogen) atoms. The molecule has 3 aromatic rings. The van der Waals surface area contributed by atoms with E-state index in [1.807, 2.05) is 12.1 Å². The highest BCUT2D eigenvalue weighted by atomic mass is 35.5. The number of methoxy groups -OCH3 is 1. The normalized spacial score (nSPS) is 12.3. The average Bonchev–Trinajstić information content (AvgIpc) is 2.81. The first kappa shape index (κ1) is 27.7. The zero-order valence-corrected chi connectivity index (χ0v) is 22.5. The van der Waals surface area contributed by atoms with Gasteiger partial charge in [0.2, 0.25) is 0 Å². The fraction of sp³-hybridized carbons (Fsp3) is 0.250. The fourth-order valence-electron chi connectivity index (χ4n) is 3.33. The van der Waals surface area contributed by atoms with Crippen molar-refractivity contribution in [3.05, 3.63) is 82.5 Å². The number of aromatic nitrogens is 1. The molecule has 192 valence electrons. The Morgan fingerprint density at radius 2 is 1.64 bits per heavy atom. The van der Waals surface area contributed by atoms with E-state index in [2.05, 4.69) is 29.4 Å². The molecule has 0 saturated heterocycles. The van der Waals surface area contributed by atoms with E-state index in [0.717, 1.165) is 9.49 Å². The molecule has 1 aromatic heterocycles. The van der Waals surface area contributed by atoms with Gasteiger partial charge in [-0.2, -0.15) is 13.2 Å². The van der Waals surface area contributed by atoms with Crippen LogP contribution in [-0.2, 0) is 27.5 Å². The number of rotatable bonds is 7. The summed E-state index contributed by atoms with van der Waals surface area (Å²) < 4.78 is 72.2. The molecule has 0 spiro atoms. The summed E-state index contributed by atoms with van der Waals surface area (Å²) in [5.41, 5.74) is -0.379. The van der Waals surface area contributed by atoms with Crippen molar-refractivity contribution in [2.24, 2.45) is 0 Å². The standard InChI is InChI=1S/C24H24ClF3N2O4SSi/c1-34-23(31)17-7-9-19(10-8-17)35(32,33)30(15-16-5-11-20(12-6-16)36(2,3)4)22-21(25)13-18(14-29-22)24(26,27)28/h5-14H,15H2,1-4H3. The number of pyridine rings is 1. The van der Waals surface area contributed by atoms with E-state index in [0.29, 0.717) is 17.8 Å². The summed E-state index contributed by atoms with van der Waals surface area (Å²) in [6.45, 7) is 6.28. The summed E-state index contributed by atoms with van der Waals surface area (Å²) in [4.78, 5) is 15.3. The average molecular weight is 557 g/mol. The molecule has 1 heterocycles. The zero-order valence-electron chi connectivity index (χ0n) is 19.9. The van der Waals surface area contributed by atoms with Gasteiger partial charge in [-0.25, -0.2) is 22.5 Å². The molecule has 12 heteroatoms. The zero-order chi connectivity index (χ0) is 26.9. The summed E-state index contributed by atoms with van der Waals surface area (Å²) in [5.74, 6) is -0.998. The number of esters is 1. The van der Waals surface area contributed by atoms with Crippen molar-refractivity contribution < 1.29 is 31.1 Å². The van der Waals surface area contributed by atoms with Gasteiger partial charge in [0.25, 0.3) is 10.0 Å². The van der Waals surface area contributed by atoms with E-state index in [4.69, 9.17) is 11.6 Å². The Hall–Kier alpha value is -2.89. The number of halogens is 4. The molecule has 6 nitrogen and oxygen atoms in total. The Bertz CT molecular complexity index is 1360. The molecule has 0 atom stereocenters. The minimum Gasteiger partial charge on any atom is -0.465 e. The highest BCUT2D eigenvalue weighted by molar-refractivity contribution is 7.92. The number of carbonyl (C=O) groups excluding carboxylic acids is 1. The number of alkyl halides is 3. The maximum absolute atomic E-state index is 13.6. The van der Waals surface area contributed by atoms with Crippen LogP contribution in [0.1, 0.15) is 21.5 Å². The van der Waals surface area contributed by atoms with Crippen molar-refractivity contribution in [3.63, 3.8) is 0 Å². The van der Waals surface area contributed by atoms with Crippen molar-refractivity contribution in [1.29, 1.82) is 0 Å². The third-order valence-corrected chi connectivity index (χ3v) is 9.49. The van der Waals surface area contributed by atoms with Crippen LogP contribution in [0, 0.1) is 0 Å². The van der Waals surface area contributed by atoms with Gasteiger partial charge >= 0.3 is 12.1 Å². The first-order valence-electron chi connectivity index (χ1n) is 10.7. The van der Waals surface area contributed by atoms with Gasteiger partial charge in [0.1, 0.15) is 0 Å². The van der Waals surface area contributed by atoms with Crippen LogP contribution >= 0.6 is 11.6 Å². The van der Waals surface area contributed by atoms with E-state index in [1.54, 1.807) is 12.1 Å². The predicted octanol–water partition coefficient (Wildman–Crippen LogP) is 5.48. The van der Waals surface area contributed by atoms with Gasteiger partial charge in [-0.3, -0.25) is 0 Å². The molecule has 0 N–H and O–H groups in total. The largest absolute Gasteiger partial charge is 0.465 e. The van der Waals surface area contributed by atoms with Gasteiger partial charge in [-0.05, 0) is 35.9 Å². The summed E-state index contributed by atoms with van der Waals surface area (Å²) in [6.07, 6.45) is -4.16.